The molecule has 0 aliphatic carbocycles. The van der Waals surface area contributed by atoms with Crippen LogP contribution in [0.2, 0.25) is 0 Å². The molecule has 0 saturated carbocycles. The molecule has 1 aromatic carbocycles. The quantitative estimate of drug-likeness (QED) is 0.640. The maximum atomic E-state index is 12.9. The van der Waals surface area contributed by atoms with Gasteiger partial charge in [0.05, 0.1) is 6.10 Å². The van der Waals surface area contributed by atoms with Crippen molar-refractivity contribution in [3.8, 4) is 5.75 Å². The zero-order valence-electron chi connectivity index (χ0n) is 6.67. The van der Waals surface area contributed by atoms with Crippen LogP contribution in [0.4, 0.5) is 8.78 Å². The molecule has 0 aromatic heterocycles. The third kappa shape index (κ3) is 1.93. The van der Waals surface area contributed by atoms with E-state index in [1.54, 1.807) is 0 Å². The Balaban J connectivity index is 3.15. The zero-order valence-corrected chi connectivity index (χ0v) is 6.67. The van der Waals surface area contributed by atoms with Crippen LogP contribution in [0.15, 0.2) is 12.1 Å². The molecule has 0 radical (unpaired) electrons. The average Bonchev–Trinajstić information content (AvgIpc) is 2.10. The smallest absolute Gasteiger partial charge is 0.165 e. The number of phenols is 1. The molecular formula is C8H9F2NO2. The molecule has 1 aromatic rings. The molecule has 1 atom stereocenters. The lowest BCUT2D eigenvalue weighted by atomic mass is 10.1. The fourth-order valence-electron chi connectivity index (χ4n) is 0.934. The second-order valence-corrected chi connectivity index (χ2v) is 2.58. The summed E-state index contributed by atoms with van der Waals surface area (Å²) < 4.78 is 25.6. The van der Waals surface area contributed by atoms with E-state index in [2.05, 4.69) is 0 Å². The van der Waals surface area contributed by atoms with Gasteiger partial charge in [-0.1, -0.05) is 0 Å². The van der Waals surface area contributed by atoms with Gasteiger partial charge >= 0.3 is 0 Å². The number of aliphatic hydroxyl groups excluding tert-OH is 1. The van der Waals surface area contributed by atoms with Crippen molar-refractivity contribution >= 4 is 0 Å². The fourth-order valence-corrected chi connectivity index (χ4v) is 0.934. The van der Waals surface area contributed by atoms with Crippen molar-refractivity contribution in [3.63, 3.8) is 0 Å². The van der Waals surface area contributed by atoms with Crippen LogP contribution in [0, 0.1) is 11.6 Å². The van der Waals surface area contributed by atoms with Crippen LogP contribution < -0.4 is 5.73 Å². The van der Waals surface area contributed by atoms with E-state index in [1.165, 1.54) is 0 Å². The van der Waals surface area contributed by atoms with Gasteiger partial charge in [0, 0.05) is 18.2 Å². The largest absolute Gasteiger partial charge is 0.505 e. The Morgan fingerprint density at radius 3 is 2.46 bits per heavy atom. The Bertz CT molecular complexity index is 317. The Morgan fingerprint density at radius 2 is 1.92 bits per heavy atom. The monoisotopic (exact) mass is 189 g/mol. The van der Waals surface area contributed by atoms with Crippen molar-refractivity contribution in [2.45, 2.75) is 6.10 Å². The van der Waals surface area contributed by atoms with Crippen molar-refractivity contribution in [1.82, 2.24) is 0 Å². The van der Waals surface area contributed by atoms with E-state index >= 15 is 0 Å². The summed E-state index contributed by atoms with van der Waals surface area (Å²) in [5.41, 5.74) is 4.81. The summed E-state index contributed by atoms with van der Waals surface area (Å²) >= 11 is 0. The minimum atomic E-state index is -1.25. The van der Waals surface area contributed by atoms with Gasteiger partial charge in [-0.25, -0.2) is 8.78 Å². The third-order valence-corrected chi connectivity index (χ3v) is 1.65. The highest BCUT2D eigenvalue weighted by Crippen LogP contribution is 2.23. The van der Waals surface area contributed by atoms with E-state index in [9.17, 15) is 8.78 Å². The van der Waals surface area contributed by atoms with Gasteiger partial charge in [0.15, 0.2) is 11.6 Å². The first-order chi connectivity index (χ1) is 6.06. The van der Waals surface area contributed by atoms with Crippen molar-refractivity contribution in [2.24, 2.45) is 5.73 Å². The highest BCUT2D eigenvalue weighted by atomic mass is 19.1. The molecule has 0 fully saturated rings. The van der Waals surface area contributed by atoms with E-state index < -0.39 is 23.5 Å². The van der Waals surface area contributed by atoms with Gasteiger partial charge in [-0.15, -0.1) is 0 Å². The second-order valence-electron chi connectivity index (χ2n) is 2.58. The molecule has 0 aliphatic heterocycles. The summed E-state index contributed by atoms with van der Waals surface area (Å²) in [6.07, 6.45) is -1.25. The Morgan fingerprint density at radius 1 is 1.31 bits per heavy atom. The van der Waals surface area contributed by atoms with Crippen LogP contribution in [0.5, 0.6) is 5.75 Å². The van der Waals surface area contributed by atoms with Gasteiger partial charge in [-0.3, -0.25) is 0 Å². The number of nitrogens with two attached hydrogens (primary N) is 1. The first-order valence-electron chi connectivity index (χ1n) is 3.62. The molecule has 0 spiro atoms. The lowest BCUT2D eigenvalue weighted by Crippen LogP contribution is -2.13. The van der Waals surface area contributed by atoms with Crippen LogP contribution >= 0.6 is 0 Å². The van der Waals surface area contributed by atoms with Crippen molar-refractivity contribution in [3.05, 3.63) is 29.3 Å². The van der Waals surface area contributed by atoms with E-state index in [0.29, 0.717) is 6.07 Å². The SMILES string of the molecule is NCC(O)c1cc(F)c(O)cc1F. The number of aromatic hydroxyl groups is 1. The number of aliphatic hydroxyl groups is 1. The molecule has 13 heavy (non-hydrogen) atoms. The highest BCUT2D eigenvalue weighted by Gasteiger charge is 2.14. The van der Waals surface area contributed by atoms with Crippen LogP contribution in [-0.4, -0.2) is 16.8 Å². The lowest BCUT2D eigenvalue weighted by molar-refractivity contribution is 0.181. The normalized spacial score (nSPS) is 12.9. The van der Waals surface area contributed by atoms with Crippen molar-refractivity contribution in [1.29, 1.82) is 0 Å². The van der Waals surface area contributed by atoms with E-state index in [1.807, 2.05) is 0 Å². The number of hydrogen-bond acceptors (Lipinski definition) is 3. The van der Waals surface area contributed by atoms with E-state index in [0.717, 1.165) is 6.07 Å². The molecule has 72 valence electrons. The Hall–Kier alpha value is -1.20. The standard InChI is InChI=1S/C8H9F2NO2/c9-5-2-7(12)6(10)1-4(5)8(13)3-11/h1-2,8,12-13H,3,11H2. The van der Waals surface area contributed by atoms with E-state index in [4.69, 9.17) is 15.9 Å². The number of hydrogen-bond donors (Lipinski definition) is 3. The van der Waals surface area contributed by atoms with Crippen LogP contribution in [-0.2, 0) is 0 Å². The van der Waals surface area contributed by atoms with Crippen LogP contribution in [0.25, 0.3) is 0 Å². The molecule has 0 heterocycles. The zero-order chi connectivity index (χ0) is 10.0. The first kappa shape index (κ1) is 9.88. The number of benzene rings is 1. The summed E-state index contributed by atoms with van der Waals surface area (Å²) in [6, 6.07) is 1.33. The van der Waals surface area contributed by atoms with Gasteiger partial charge in [-0.2, -0.15) is 0 Å². The van der Waals surface area contributed by atoms with Gasteiger partial charge in [0.1, 0.15) is 5.82 Å². The predicted octanol–water partition coefficient (Wildman–Crippen LogP) is 0.662. The predicted molar refractivity (Wildman–Crippen MR) is 42.0 cm³/mol. The van der Waals surface area contributed by atoms with Gasteiger partial charge in [0.2, 0.25) is 0 Å². The van der Waals surface area contributed by atoms with Gasteiger partial charge in [0.25, 0.3) is 0 Å². The highest BCUT2D eigenvalue weighted by molar-refractivity contribution is 5.31. The summed E-state index contributed by atoms with van der Waals surface area (Å²) in [6.45, 7) is -0.207. The maximum Gasteiger partial charge on any atom is 0.165 e. The average molecular weight is 189 g/mol. The van der Waals surface area contributed by atoms with Gasteiger partial charge < -0.3 is 15.9 Å². The fraction of sp³-hybridized carbons (Fsp3) is 0.250. The van der Waals surface area contributed by atoms with Crippen molar-refractivity contribution < 1.29 is 19.0 Å². The number of phenolic OH excluding ortho intramolecular Hbond substituents is 1. The molecule has 1 unspecified atom stereocenters. The molecule has 0 amide bonds. The number of rotatable bonds is 2. The Kier molecular flexibility index (Phi) is 2.79. The minimum absolute atomic E-state index is 0.207. The lowest BCUT2D eigenvalue weighted by Gasteiger charge is -2.09. The van der Waals surface area contributed by atoms with Gasteiger partial charge in [-0.05, 0) is 6.07 Å². The van der Waals surface area contributed by atoms with Crippen LogP contribution in [0.3, 0.4) is 0 Å². The van der Waals surface area contributed by atoms with E-state index in [-0.39, 0.29) is 12.1 Å². The molecular weight excluding hydrogens is 180 g/mol. The number of halogens is 2. The molecule has 1 rings (SSSR count). The summed E-state index contributed by atoms with van der Waals surface area (Å²) in [7, 11) is 0. The molecule has 5 heteroatoms. The maximum absolute atomic E-state index is 12.9. The molecule has 0 saturated heterocycles. The second kappa shape index (κ2) is 3.68. The topological polar surface area (TPSA) is 66.5 Å². The first-order valence-corrected chi connectivity index (χ1v) is 3.62. The van der Waals surface area contributed by atoms with Crippen molar-refractivity contribution in [2.75, 3.05) is 6.54 Å². The summed E-state index contributed by atoms with van der Waals surface area (Å²) in [5, 5.41) is 17.9. The van der Waals surface area contributed by atoms with Crippen LogP contribution in [0.1, 0.15) is 11.7 Å². The third-order valence-electron chi connectivity index (χ3n) is 1.65. The molecule has 4 N–H and O–H groups in total. The molecule has 3 nitrogen and oxygen atoms in total. The summed E-state index contributed by atoms with van der Waals surface area (Å²) in [4.78, 5) is 0. The minimum Gasteiger partial charge on any atom is -0.505 e. The Labute approximate surface area is 73.4 Å². The molecule has 0 aliphatic rings. The summed E-state index contributed by atoms with van der Waals surface area (Å²) in [5.74, 6) is -2.65. The molecule has 0 bridgehead atoms.